The fourth-order valence-electron chi connectivity index (χ4n) is 3.58. The maximum atomic E-state index is 12.3. The van der Waals surface area contributed by atoms with E-state index in [2.05, 4.69) is 26.1 Å². The zero-order valence-electron chi connectivity index (χ0n) is 19.4. The van der Waals surface area contributed by atoms with Crippen LogP contribution < -0.4 is 16.2 Å². The van der Waals surface area contributed by atoms with E-state index in [0.717, 1.165) is 26.7 Å². The van der Waals surface area contributed by atoms with Gasteiger partial charge < -0.3 is 10.3 Å². The second kappa shape index (κ2) is 10.2. The second-order valence-corrected chi connectivity index (χ2v) is 9.63. The van der Waals surface area contributed by atoms with E-state index in [1.807, 2.05) is 36.4 Å². The van der Waals surface area contributed by atoms with Crippen LogP contribution >= 0.6 is 11.8 Å². The number of carbonyl (C=O) groups excluding carboxylic acids is 4. The number of hydrogen-bond acceptors (Lipinski definition) is 6. The summed E-state index contributed by atoms with van der Waals surface area (Å²) in [5, 5.41) is 3.42. The number of hydrogen-bond donors (Lipinski definition) is 4. The van der Waals surface area contributed by atoms with Gasteiger partial charge in [0.25, 0.3) is 11.8 Å². The number of carbonyl (C=O) groups is 4. The van der Waals surface area contributed by atoms with Crippen LogP contribution in [0.5, 0.6) is 0 Å². The molecule has 0 aliphatic carbocycles. The van der Waals surface area contributed by atoms with Gasteiger partial charge in [-0.3, -0.25) is 30.1 Å². The standard InChI is InChI=1S/C24H26N6O4S/c1-24(2)21(33)30(23(34)27-24)13-5-8-19(31)28-29-20(32)16-11-9-15(10-12-16)14-35-22-25-17-6-3-4-7-18(17)26-22/h3-4,6-7,9-12H,5,8,13-14H2,1-2H3,(H,25,26)(H,27,34)(H,28,31)(H,29,32). The number of aromatic nitrogens is 2. The van der Waals surface area contributed by atoms with Crippen molar-refractivity contribution in [2.75, 3.05) is 6.54 Å². The molecule has 0 radical (unpaired) electrons. The molecule has 35 heavy (non-hydrogen) atoms. The third kappa shape index (κ3) is 5.80. The summed E-state index contributed by atoms with van der Waals surface area (Å²) in [5.74, 6) is -0.488. The lowest BCUT2D eigenvalue weighted by Gasteiger charge is -2.15. The highest BCUT2D eigenvalue weighted by molar-refractivity contribution is 7.98. The Balaban J connectivity index is 1.18. The number of nitrogens with zero attached hydrogens (tertiary/aromatic N) is 2. The van der Waals surface area contributed by atoms with Crippen LogP contribution in [0.4, 0.5) is 4.79 Å². The van der Waals surface area contributed by atoms with E-state index in [1.165, 1.54) is 0 Å². The second-order valence-electron chi connectivity index (χ2n) is 8.66. The minimum Gasteiger partial charge on any atom is -0.333 e. The number of para-hydroxylation sites is 2. The number of aromatic amines is 1. The van der Waals surface area contributed by atoms with Gasteiger partial charge in [-0.15, -0.1) is 0 Å². The fourth-order valence-corrected chi connectivity index (χ4v) is 4.42. The molecular weight excluding hydrogens is 468 g/mol. The zero-order valence-corrected chi connectivity index (χ0v) is 20.2. The van der Waals surface area contributed by atoms with Crippen LogP contribution in [0.25, 0.3) is 11.0 Å². The van der Waals surface area contributed by atoms with Gasteiger partial charge in [-0.2, -0.15) is 0 Å². The molecule has 10 nitrogen and oxygen atoms in total. The number of fused-ring (bicyclic) bond motifs is 1. The van der Waals surface area contributed by atoms with E-state index in [-0.39, 0.29) is 25.3 Å². The maximum Gasteiger partial charge on any atom is 0.325 e. The summed E-state index contributed by atoms with van der Waals surface area (Å²) in [7, 11) is 0. The van der Waals surface area contributed by atoms with E-state index < -0.39 is 23.4 Å². The highest BCUT2D eigenvalue weighted by atomic mass is 32.2. The van der Waals surface area contributed by atoms with Crippen molar-refractivity contribution in [2.24, 2.45) is 0 Å². The molecule has 1 fully saturated rings. The molecular formula is C24H26N6O4S. The number of thioether (sulfide) groups is 1. The van der Waals surface area contributed by atoms with E-state index in [9.17, 15) is 19.2 Å². The Bertz CT molecular complexity index is 1240. The van der Waals surface area contributed by atoms with Gasteiger partial charge in [0.1, 0.15) is 5.54 Å². The predicted octanol–water partition coefficient (Wildman–Crippen LogP) is 2.73. The molecule has 0 bridgehead atoms. The highest BCUT2D eigenvalue weighted by Crippen LogP contribution is 2.23. The largest absolute Gasteiger partial charge is 0.333 e. The molecule has 1 aliphatic heterocycles. The van der Waals surface area contributed by atoms with Gasteiger partial charge in [0.15, 0.2) is 5.16 Å². The van der Waals surface area contributed by atoms with Crippen molar-refractivity contribution in [1.82, 2.24) is 31.0 Å². The molecule has 4 rings (SSSR count). The first-order chi connectivity index (χ1) is 16.7. The average molecular weight is 495 g/mol. The summed E-state index contributed by atoms with van der Waals surface area (Å²) >= 11 is 1.57. The zero-order chi connectivity index (χ0) is 25.0. The van der Waals surface area contributed by atoms with Gasteiger partial charge in [-0.25, -0.2) is 9.78 Å². The highest BCUT2D eigenvalue weighted by Gasteiger charge is 2.43. The lowest BCUT2D eigenvalue weighted by Crippen LogP contribution is -2.42. The Morgan fingerprint density at radius 2 is 1.80 bits per heavy atom. The van der Waals surface area contributed by atoms with Crippen LogP contribution in [-0.2, 0) is 15.3 Å². The van der Waals surface area contributed by atoms with Crippen LogP contribution in [0, 0.1) is 0 Å². The number of imide groups is 1. The number of rotatable bonds is 8. The van der Waals surface area contributed by atoms with Crippen molar-refractivity contribution in [1.29, 1.82) is 0 Å². The summed E-state index contributed by atoms with van der Waals surface area (Å²) in [6.45, 7) is 3.38. The predicted molar refractivity (Wildman–Crippen MR) is 131 cm³/mol. The van der Waals surface area contributed by atoms with Gasteiger partial charge in [0, 0.05) is 24.3 Å². The fraction of sp³-hybridized carbons (Fsp3) is 0.292. The van der Waals surface area contributed by atoms with Crippen LogP contribution in [-0.4, -0.2) is 50.7 Å². The molecule has 0 unspecified atom stereocenters. The van der Waals surface area contributed by atoms with Gasteiger partial charge in [0.2, 0.25) is 5.91 Å². The topological polar surface area (TPSA) is 136 Å². The smallest absolute Gasteiger partial charge is 0.325 e. The number of imidazole rings is 1. The molecule has 2 aromatic carbocycles. The van der Waals surface area contributed by atoms with E-state index in [1.54, 1.807) is 37.7 Å². The molecule has 1 saturated heterocycles. The van der Waals surface area contributed by atoms with Gasteiger partial charge in [-0.1, -0.05) is 36.0 Å². The first kappa shape index (κ1) is 24.3. The first-order valence-electron chi connectivity index (χ1n) is 11.1. The Morgan fingerprint density at radius 3 is 2.49 bits per heavy atom. The third-order valence-corrected chi connectivity index (χ3v) is 6.45. The number of urea groups is 1. The minimum absolute atomic E-state index is 0.0513. The Morgan fingerprint density at radius 1 is 1.06 bits per heavy atom. The van der Waals surface area contributed by atoms with Crippen LogP contribution in [0.1, 0.15) is 42.6 Å². The summed E-state index contributed by atoms with van der Waals surface area (Å²) in [4.78, 5) is 57.3. The number of benzene rings is 2. The molecule has 0 spiro atoms. The molecule has 5 amide bonds. The molecule has 1 aliphatic rings. The molecule has 0 saturated carbocycles. The molecule has 182 valence electrons. The average Bonchev–Trinajstić information content (AvgIpc) is 3.34. The summed E-state index contributed by atoms with van der Waals surface area (Å²) in [6, 6.07) is 14.5. The molecule has 2 heterocycles. The lowest BCUT2D eigenvalue weighted by atomic mass is 10.1. The quantitative estimate of drug-likeness (QED) is 0.216. The third-order valence-electron chi connectivity index (χ3n) is 5.50. The minimum atomic E-state index is -0.936. The Labute approximate surface area is 206 Å². The van der Waals surface area contributed by atoms with Gasteiger partial charge >= 0.3 is 6.03 Å². The lowest BCUT2D eigenvalue weighted by molar-refractivity contribution is -0.130. The summed E-state index contributed by atoms with van der Waals surface area (Å²) in [5.41, 5.74) is 7.15. The molecule has 4 N–H and O–H groups in total. The van der Waals surface area contributed by atoms with E-state index in [0.29, 0.717) is 11.3 Å². The van der Waals surface area contributed by atoms with Crippen molar-refractivity contribution in [3.8, 4) is 0 Å². The Kier molecular flexibility index (Phi) is 7.06. The molecule has 0 atom stereocenters. The van der Waals surface area contributed by atoms with E-state index in [4.69, 9.17) is 0 Å². The summed E-state index contributed by atoms with van der Waals surface area (Å²) < 4.78 is 0. The number of H-pyrrole nitrogens is 1. The van der Waals surface area contributed by atoms with Gasteiger partial charge in [-0.05, 0) is 50.1 Å². The number of nitrogens with one attached hydrogen (secondary N) is 4. The van der Waals surface area contributed by atoms with E-state index >= 15 is 0 Å². The van der Waals surface area contributed by atoms with Crippen molar-refractivity contribution >= 4 is 46.5 Å². The number of hydrazine groups is 1. The normalized spacial score (nSPS) is 14.7. The maximum absolute atomic E-state index is 12.3. The van der Waals surface area contributed by atoms with Crippen molar-refractivity contribution in [3.63, 3.8) is 0 Å². The monoisotopic (exact) mass is 494 g/mol. The Hall–Kier alpha value is -3.86. The van der Waals surface area contributed by atoms with Crippen molar-refractivity contribution in [2.45, 2.75) is 43.1 Å². The number of amides is 5. The van der Waals surface area contributed by atoms with Crippen LogP contribution in [0.2, 0.25) is 0 Å². The molecule has 3 aromatic rings. The molecule has 11 heteroatoms. The van der Waals surface area contributed by atoms with Crippen molar-refractivity contribution in [3.05, 3.63) is 59.7 Å². The summed E-state index contributed by atoms with van der Waals surface area (Å²) in [6.07, 6.45) is 0.338. The van der Waals surface area contributed by atoms with Crippen molar-refractivity contribution < 1.29 is 19.2 Å². The van der Waals surface area contributed by atoms with Crippen LogP contribution in [0.3, 0.4) is 0 Å². The SMILES string of the molecule is CC1(C)NC(=O)N(CCCC(=O)NNC(=O)c2ccc(CSc3nc4ccccc4[nH]3)cc2)C1=O. The van der Waals surface area contributed by atoms with Crippen LogP contribution in [0.15, 0.2) is 53.7 Å². The molecule has 1 aromatic heterocycles. The first-order valence-corrected chi connectivity index (χ1v) is 12.1. The van der Waals surface area contributed by atoms with Gasteiger partial charge in [0.05, 0.1) is 11.0 Å².